The summed E-state index contributed by atoms with van der Waals surface area (Å²) >= 11 is 6.49. The van der Waals surface area contributed by atoms with E-state index < -0.39 is 37.1 Å². The third kappa shape index (κ3) is 5.04. The highest BCUT2D eigenvalue weighted by atomic mass is 35.5. The predicted molar refractivity (Wildman–Crippen MR) is 113 cm³/mol. The normalized spacial score (nSPS) is 31.0. The summed E-state index contributed by atoms with van der Waals surface area (Å²) in [6.07, 6.45) is -4.40. The summed E-state index contributed by atoms with van der Waals surface area (Å²) < 4.78 is 16.8. The summed E-state index contributed by atoms with van der Waals surface area (Å²) in [7, 11) is 0. The molecule has 2 heterocycles. The van der Waals surface area contributed by atoms with Crippen molar-refractivity contribution in [1.82, 2.24) is 0 Å². The summed E-state index contributed by atoms with van der Waals surface area (Å²) in [6, 6.07) is 13.2. The quantitative estimate of drug-likeness (QED) is 0.529. The van der Waals surface area contributed by atoms with Gasteiger partial charge in [0.1, 0.15) is 42.4 Å². The number of hydrogen-bond donors (Lipinski definition) is 4. The lowest BCUT2D eigenvalue weighted by Gasteiger charge is -2.40. The van der Waals surface area contributed by atoms with Gasteiger partial charge in [-0.2, -0.15) is 0 Å². The Hall–Kier alpha value is -1.71. The van der Waals surface area contributed by atoms with E-state index in [0.29, 0.717) is 23.6 Å². The third-order valence-corrected chi connectivity index (χ3v) is 6.16. The van der Waals surface area contributed by atoms with Crippen LogP contribution in [-0.4, -0.2) is 70.8 Å². The van der Waals surface area contributed by atoms with Gasteiger partial charge in [-0.3, -0.25) is 0 Å². The van der Waals surface area contributed by atoms with Crippen LogP contribution in [0.15, 0.2) is 42.5 Å². The highest BCUT2D eigenvalue weighted by molar-refractivity contribution is 6.31. The van der Waals surface area contributed by atoms with Gasteiger partial charge in [0.05, 0.1) is 19.8 Å². The largest absolute Gasteiger partial charge is 0.488 e. The van der Waals surface area contributed by atoms with Crippen LogP contribution >= 0.6 is 11.6 Å². The van der Waals surface area contributed by atoms with Crippen molar-refractivity contribution in [2.75, 3.05) is 19.8 Å². The summed E-state index contributed by atoms with van der Waals surface area (Å²) in [6.45, 7) is 0.888. The molecule has 31 heavy (non-hydrogen) atoms. The fraction of sp³-hybridized carbons (Fsp3) is 0.478. The van der Waals surface area contributed by atoms with Gasteiger partial charge in [0.15, 0.2) is 0 Å². The Kier molecular flexibility index (Phi) is 7.13. The maximum absolute atomic E-state index is 10.3. The van der Waals surface area contributed by atoms with Crippen LogP contribution in [0.25, 0.3) is 0 Å². The Morgan fingerprint density at radius 3 is 2.42 bits per heavy atom. The Morgan fingerprint density at radius 1 is 1.00 bits per heavy atom. The van der Waals surface area contributed by atoms with Crippen molar-refractivity contribution in [3.63, 3.8) is 0 Å². The maximum Gasteiger partial charge on any atom is 0.124 e. The van der Waals surface area contributed by atoms with Crippen LogP contribution in [0, 0.1) is 0 Å². The number of ether oxygens (including phenoxy) is 3. The van der Waals surface area contributed by atoms with Crippen LogP contribution in [0.5, 0.6) is 5.75 Å². The molecule has 7 nitrogen and oxygen atoms in total. The zero-order chi connectivity index (χ0) is 22.0. The number of rotatable bonds is 6. The van der Waals surface area contributed by atoms with E-state index in [1.807, 2.05) is 30.3 Å². The predicted octanol–water partition coefficient (Wildman–Crippen LogP) is 1.61. The molecule has 8 heteroatoms. The van der Waals surface area contributed by atoms with E-state index >= 15 is 0 Å². The Labute approximate surface area is 185 Å². The lowest BCUT2D eigenvalue weighted by molar-refractivity contribution is -0.231. The molecule has 2 aromatic carbocycles. The van der Waals surface area contributed by atoms with Crippen molar-refractivity contribution in [3.8, 4) is 5.75 Å². The Balaban J connectivity index is 1.44. The second-order valence-corrected chi connectivity index (χ2v) is 8.43. The summed E-state index contributed by atoms with van der Waals surface area (Å²) in [4.78, 5) is 0. The number of aliphatic hydroxyl groups is 4. The lowest BCUT2D eigenvalue weighted by Crippen LogP contribution is -2.55. The number of hydrogen-bond acceptors (Lipinski definition) is 7. The maximum atomic E-state index is 10.3. The zero-order valence-corrected chi connectivity index (χ0v) is 17.7. The molecular weight excluding hydrogens is 424 g/mol. The van der Waals surface area contributed by atoms with E-state index in [4.69, 9.17) is 25.8 Å². The van der Waals surface area contributed by atoms with Gasteiger partial charge in [-0.25, -0.2) is 0 Å². The van der Waals surface area contributed by atoms with Gasteiger partial charge in [-0.05, 0) is 41.3 Å². The van der Waals surface area contributed by atoms with Gasteiger partial charge in [-0.1, -0.05) is 35.9 Å². The minimum Gasteiger partial charge on any atom is -0.488 e. The minimum atomic E-state index is -1.43. The van der Waals surface area contributed by atoms with Crippen LogP contribution < -0.4 is 4.74 Å². The third-order valence-electron chi connectivity index (χ3n) is 5.81. The van der Waals surface area contributed by atoms with E-state index in [1.165, 1.54) is 0 Å². The molecule has 4 rings (SSSR count). The molecule has 2 aliphatic rings. The molecule has 6 atom stereocenters. The molecule has 0 radical (unpaired) electrons. The molecule has 2 aromatic rings. The first kappa shape index (κ1) is 22.5. The van der Waals surface area contributed by atoms with Crippen LogP contribution in [0.1, 0.15) is 29.2 Å². The van der Waals surface area contributed by atoms with Gasteiger partial charge in [0.25, 0.3) is 0 Å². The molecular formula is C23H27ClO7. The second-order valence-electron chi connectivity index (χ2n) is 8.02. The first-order valence-corrected chi connectivity index (χ1v) is 10.8. The number of aliphatic hydroxyl groups excluding tert-OH is 4. The molecule has 0 aromatic heterocycles. The molecule has 2 aliphatic heterocycles. The fourth-order valence-electron chi connectivity index (χ4n) is 3.97. The number of benzene rings is 2. The SMILES string of the molecule is OC[C@@H]1O[C@@H](c2ccc(Cc3ccc(O[C@@H]4CCOC4)cc3)c(Cl)c2)[C@H](O)[C@@H](O)[C@@H]1O. The molecule has 0 amide bonds. The average molecular weight is 451 g/mol. The molecule has 0 bridgehead atoms. The molecule has 2 fully saturated rings. The van der Waals surface area contributed by atoms with Crippen molar-refractivity contribution in [2.45, 2.75) is 49.5 Å². The Morgan fingerprint density at radius 2 is 1.77 bits per heavy atom. The highest BCUT2D eigenvalue weighted by Crippen LogP contribution is 2.34. The summed E-state index contributed by atoms with van der Waals surface area (Å²) in [5.74, 6) is 0.809. The van der Waals surface area contributed by atoms with Crippen molar-refractivity contribution in [2.24, 2.45) is 0 Å². The minimum absolute atomic E-state index is 0.107. The van der Waals surface area contributed by atoms with Crippen molar-refractivity contribution >= 4 is 11.6 Å². The highest BCUT2D eigenvalue weighted by Gasteiger charge is 2.44. The fourth-order valence-corrected chi connectivity index (χ4v) is 4.22. The van der Waals surface area contributed by atoms with E-state index in [0.717, 1.165) is 29.9 Å². The smallest absolute Gasteiger partial charge is 0.124 e. The van der Waals surface area contributed by atoms with Crippen molar-refractivity contribution in [3.05, 3.63) is 64.2 Å². The van der Waals surface area contributed by atoms with Crippen molar-refractivity contribution < 1.29 is 34.6 Å². The first-order chi connectivity index (χ1) is 15.0. The number of halogens is 1. The topological polar surface area (TPSA) is 109 Å². The van der Waals surface area contributed by atoms with Crippen LogP contribution in [0.2, 0.25) is 5.02 Å². The van der Waals surface area contributed by atoms with E-state index in [1.54, 1.807) is 12.1 Å². The van der Waals surface area contributed by atoms with Gasteiger partial charge < -0.3 is 34.6 Å². The van der Waals surface area contributed by atoms with E-state index in [2.05, 4.69) is 0 Å². The summed E-state index contributed by atoms with van der Waals surface area (Å²) in [5, 5.41) is 40.2. The molecule has 0 unspecified atom stereocenters. The van der Waals surface area contributed by atoms with Gasteiger partial charge in [0.2, 0.25) is 0 Å². The first-order valence-electron chi connectivity index (χ1n) is 10.4. The van der Waals surface area contributed by atoms with Crippen LogP contribution in [-0.2, 0) is 15.9 Å². The van der Waals surface area contributed by atoms with Gasteiger partial charge in [-0.15, -0.1) is 0 Å². The summed E-state index contributed by atoms with van der Waals surface area (Å²) in [5.41, 5.74) is 2.53. The molecule has 2 saturated heterocycles. The molecule has 0 aliphatic carbocycles. The molecule has 0 saturated carbocycles. The van der Waals surface area contributed by atoms with Crippen LogP contribution in [0.3, 0.4) is 0 Å². The van der Waals surface area contributed by atoms with Crippen molar-refractivity contribution in [1.29, 1.82) is 0 Å². The second kappa shape index (κ2) is 9.83. The zero-order valence-electron chi connectivity index (χ0n) is 16.9. The standard InChI is InChI=1S/C23H27ClO7/c24-18-10-15(23-22(28)21(27)20(26)19(11-25)31-23)4-3-14(18)9-13-1-5-16(6-2-13)30-17-7-8-29-12-17/h1-6,10,17,19-23,25-28H,7-9,11-12H2/t17-,19+,20-,21+,22-,23+/m1/s1. The van der Waals surface area contributed by atoms with Gasteiger partial charge >= 0.3 is 0 Å². The van der Waals surface area contributed by atoms with E-state index in [-0.39, 0.29) is 6.10 Å². The van der Waals surface area contributed by atoms with E-state index in [9.17, 15) is 20.4 Å². The van der Waals surface area contributed by atoms with Crippen LogP contribution in [0.4, 0.5) is 0 Å². The Bertz CT molecular complexity index is 867. The monoisotopic (exact) mass is 450 g/mol. The molecule has 168 valence electrons. The average Bonchev–Trinajstić information content (AvgIpc) is 3.28. The molecule has 0 spiro atoms. The lowest BCUT2D eigenvalue weighted by atomic mass is 9.90. The van der Waals surface area contributed by atoms with Gasteiger partial charge in [0, 0.05) is 11.4 Å². The molecule has 4 N–H and O–H groups in total.